The maximum absolute atomic E-state index is 11.7. The zero-order valence-electron chi connectivity index (χ0n) is 9.64. The van der Waals surface area contributed by atoms with Crippen LogP contribution in [-0.2, 0) is 9.63 Å². The van der Waals surface area contributed by atoms with Crippen LogP contribution in [0.1, 0.15) is 30.6 Å². The summed E-state index contributed by atoms with van der Waals surface area (Å²) in [5, 5.41) is 9.98. The van der Waals surface area contributed by atoms with Crippen molar-refractivity contribution < 1.29 is 19.5 Å². The Morgan fingerprint density at radius 2 is 1.94 bits per heavy atom. The summed E-state index contributed by atoms with van der Waals surface area (Å²) in [6, 6.07) is 6.00. The number of amides is 1. The zero-order valence-corrected chi connectivity index (χ0v) is 9.64. The van der Waals surface area contributed by atoms with Gasteiger partial charge in [0.2, 0.25) is 0 Å². The third-order valence-corrected chi connectivity index (χ3v) is 2.49. The molecule has 17 heavy (non-hydrogen) atoms. The first-order valence-corrected chi connectivity index (χ1v) is 5.24. The number of rotatable bonds is 2. The molecule has 0 spiro atoms. The third-order valence-electron chi connectivity index (χ3n) is 2.49. The van der Waals surface area contributed by atoms with Gasteiger partial charge in [0.1, 0.15) is 5.60 Å². The molecule has 0 radical (unpaired) electrons. The van der Waals surface area contributed by atoms with Crippen molar-refractivity contribution in [1.82, 2.24) is 0 Å². The van der Waals surface area contributed by atoms with Crippen LogP contribution in [0, 0.1) is 0 Å². The first-order chi connectivity index (χ1) is 7.89. The molecular weight excluding hydrogens is 222 g/mol. The lowest BCUT2D eigenvalue weighted by Gasteiger charge is -2.19. The van der Waals surface area contributed by atoms with Crippen molar-refractivity contribution in [2.75, 3.05) is 5.06 Å². The van der Waals surface area contributed by atoms with E-state index in [0.29, 0.717) is 12.1 Å². The van der Waals surface area contributed by atoms with Crippen molar-refractivity contribution in [2.45, 2.75) is 25.9 Å². The van der Waals surface area contributed by atoms with E-state index in [-0.39, 0.29) is 11.5 Å². The highest BCUT2D eigenvalue weighted by Crippen LogP contribution is 2.30. The Hall–Kier alpha value is -1.88. The van der Waals surface area contributed by atoms with Crippen molar-refractivity contribution in [3.8, 4) is 0 Å². The van der Waals surface area contributed by atoms with Crippen LogP contribution in [-0.4, -0.2) is 22.6 Å². The molecule has 1 aliphatic rings. The smallest absolute Gasteiger partial charge is 0.335 e. The lowest BCUT2D eigenvalue weighted by Crippen LogP contribution is -2.25. The van der Waals surface area contributed by atoms with Crippen molar-refractivity contribution in [3.05, 3.63) is 29.8 Å². The molecule has 0 bridgehead atoms. The fourth-order valence-corrected chi connectivity index (χ4v) is 1.70. The number of carbonyl (C=O) groups is 2. The van der Waals surface area contributed by atoms with Gasteiger partial charge < -0.3 is 5.11 Å². The van der Waals surface area contributed by atoms with E-state index >= 15 is 0 Å². The number of carboxylic acids is 1. The van der Waals surface area contributed by atoms with Crippen molar-refractivity contribution >= 4 is 17.6 Å². The van der Waals surface area contributed by atoms with E-state index in [4.69, 9.17) is 9.94 Å². The molecule has 1 aromatic rings. The second-order valence-corrected chi connectivity index (χ2v) is 4.57. The topological polar surface area (TPSA) is 66.8 Å². The van der Waals surface area contributed by atoms with Gasteiger partial charge in [0.05, 0.1) is 17.7 Å². The number of hydroxylamine groups is 1. The minimum atomic E-state index is -0.995. The van der Waals surface area contributed by atoms with Crippen LogP contribution in [0.15, 0.2) is 24.3 Å². The summed E-state index contributed by atoms with van der Waals surface area (Å²) in [7, 11) is 0. The summed E-state index contributed by atoms with van der Waals surface area (Å²) in [5.74, 6) is -1.12. The van der Waals surface area contributed by atoms with Crippen LogP contribution in [0.3, 0.4) is 0 Å². The van der Waals surface area contributed by atoms with Gasteiger partial charge >= 0.3 is 5.97 Å². The molecule has 0 atom stereocenters. The standard InChI is InChI=1S/C12H13NO4/c1-12(2)7-10(14)13(17-12)9-5-3-8(4-6-9)11(15)16/h3-6H,7H2,1-2H3,(H,15,16). The van der Waals surface area contributed by atoms with Crippen LogP contribution in [0.5, 0.6) is 0 Å². The zero-order chi connectivity index (χ0) is 12.6. The largest absolute Gasteiger partial charge is 0.478 e. The SMILES string of the molecule is CC1(C)CC(=O)N(c2ccc(C(=O)O)cc2)O1. The molecule has 1 aromatic carbocycles. The fourth-order valence-electron chi connectivity index (χ4n) is 1.70. The molecule has 5 heteroatoms. The molecule has 0 unspecified atom stereocenters. The fraction of sp³-hybridized carbons (Fsp3) is 0.333. The quantitative estimate of drug-likeness (QED) is 0.849. The maximum atomic E-state index is 11.7. The van der Waals surface area contributed by atoms with Crippen LogP contribution in [0.2, 0.25) is 0 Å². The van der Waals surface area contributed by atoms with Crippen LogP contribution >= 0.6 is 0 Å². The predicted octanol–water partition coefficient (Wildman–Crippen LogP) is 1.83. The number of carboxylic acid groups (broad SMARTS) is 1. The van der Waals surface area contributed by atoms with E-state index in [0.717, 1.165) is 0 Å². The molecule has 0 aromatic heterocycles. The minimum Gasteiger partial charge on any atom is -0.478 e. The van der Waals surface area contributed by atoms with E-state index in [1.807, 2.05) is 13.8 Å². The minimum absolute atomic E-state index is 0.127. The van der Waals surface area contributed by atoms with Gasteiger partial charge in [-0.15, -0.1) is 0 Å². The first kappa shape index (κ1) is 11.6. The molecule has 2 rings (SSSR count). The van der Waals surface area contributed by atoms with Crippen LogP contribution < -0.4 is 5.06 Å². The third kappa shape index (κ3) is 2.29. The summed E-state index contributed by atoms with van der Waals surface area (Å²) < 4.78 is 0. The molecule has 1 amide bonds. The van der Waals surface area contributed by atoms with Gasteiger partial charge in [0, 0.05) is 0 Å². The molecular formula is C12H13NO4. The van der Waals surface area contributed by atoms with Crippen molar-refractivity contribution in [3.63, 3.8) is 0 Å². The average molecular weight is 235 g/mol. The molecule has 1 fully saturated rings. The van der Waals surface area contributed by atoms with E-state index in [2.05, 4.69) is 0 Å². The molecule has 0 saturated carbocycles. The molecule has 1 N–H and O–H groups in total. The van der Waals surface area contributed by atoms with Gasteiger partial charge in [-0.2, -0.15) is 5.06 Å². The van der Waals surface area contributed by atoms with Gasteiger partial charge in [0.15, 0.2) is 0 Å². The number of nitrogens with zero attached hydrogens (tertiary/aromatic N) is 1. The summed E-state index contributed by atoms with van der Waals surface area (Å²) in [5.41, 5.74) is 0.216. The van der Waals surface area contributed by atoms with Gasteiger partial charge in [0.25, 0.3) is 5.91 Å². The second-order valence-electron chi connectivity index (χ2n) is 4.57. The molecule has 1 saturated heterocycles. The number of hydrogen-bond acceptors (Lipinski definition) is 3. The van der Waals surface area contributed by atoms with Crippen molar-refractivity contribution in [2.24, 2.45) is 0 Å². The molecule has 1 aliphatic heterocycles. The van der Waals surface area contributed by atoms with Gasteiger partial charge in [-0.1, -0.05) is 0 Å². The summed E-state index contributed by atoms with van der Waals surface area (Å²) in [4.78, 5) is 27.9. The average Bonchev–Trinajstić information content (AvgIpc) is 2.52. The lowest BCUT2D eigenvalue weighted by atomic mass is 10.1. The number of anilines is 1. The highest BCUT2D eigenvalue weighted by Gasteiger charge is 2.38. The molecule has 90 valence electrons. The number of carbonyl (C=O) groups excluding carboxylic acids is 1. The lowest BCUT2D eigenvalue weighted by molar-refractivity contribution is -0.119. The normalized spacial score (nSPS) is 18.5. The van der Waals surface area contributed by atoms with Gasteiger partial charge in [-0.25, -0.2) is 4.79 Å². The van der Waals surface area contributed by atoms with Crippen LogP contribution in [0.4, 0.5) is 5.69 Å². The molecule has 5 nitrogen and oxygen atoms in total. The van der Waals surface area contributed by atoms with Gasteiger partial charge in [-0.3, -0.25) is 9.63 Å². The Labute approximate surface area is 98.6 Å². The summed E-state index contributed by atoms with van der Waals surface area (Å²) in [6.07, 6.45) is 0.313. The van der Waals surface area contributed by atoms with E-state index in [1.165, 1.54) is 17.2 Å². The summed E-state index contributed by atoms with van der Waals surface area (Å²) in [6.45, 7) is 3.66. The van der Waals surface area contributed by atoms with Crippen molar-refractivity contribution in [1.29, 1.82) is 0 Å². The second kappa shape index (κ2) is 3.85. The Balaban J connectivity index is 2.24. The Morgan fingerprint density at radius 3 is 2.35 bits per heavy atom. The Bertz CT molecular complexity index is 464. The molecule has 0 aliphatic carbocycles. The Kier molecular flexibility index (Phi) is 2.63. The number of aromatic carboxylic acids is 1. The monoisotopic (exact) mass is 235 g/mol. The highest BCUT2D eigenvalue weighted by molar-refractivity contribution is 5.94. The van der Waals surface area contributed by atoms with Gasteiger partial charge in [-0.05, 0) is 38.1 Å². The maximum Gasteiger partial charge on any atom is 0.335 e. The first-order valence-electron chi connectivity index (χ1n) is 5.24. The van der Waals surface area contributed by atoms with Crippen LogP contribution in [0.25, 0.3) is 0 Å². The van der Waals surface area contributed by atoms with E-state index in [1.54, 1.807) is 12.1 Å². The van der Waals surface area contributed by atoms with E-state index in [9.17, 15) is 9.59 Å². The molecule has 1 heterocycles. The number of hydrogen-bond donors (Lipinski definition) is 1. The van der Waals surface area contributed by atoms with E-state index < -0.39 is 11.6 Å². The Morgan fingerprint density at radius 1 is 1.35 bits per heavy atom. The summed E-state index contributed by atoms with van der Waals surface area (Å²) >= 11 is 0. The highest BCUT2D eigenvalue weighted by atomic mass is 16.7. The predicted molar refractivity (Wildman–Crippen MR) is 60.7 cm³/mol. The number of benzene rings is 1.